The van der Waals surface area contributed by atoms with E-state index in [0.717, 1.165) is 12.8 Å². The highest BCUT2D eigenvalue weighted by atomic mass is 16.6. The maximum atomic E-state index is 14.0. The van der Waals surface area contributed by atoms with Gasteiger partial charge in [0.15, 0.2) is 0 Å². The van der Waals surface area contributed by atoms with Crippen LogP contribution in [0.5, 0.6) is 5.75 Å². The number of carbonyl (C=O) groups excluding carboxylic acids is 5. The molecule has 12 heteroatoms. The third-order valence-corrected chi connectivity index (χ3v) is 5.63. The molecule has 4 amide bonds. The van der Waals surface area contributed by atoms with E-state index in [0.29, 0.717) is 12.0 Å². The summed E-state index contributed by atoms with van der Waals surface area (Å²) in [5, 5.41) is 15.3. The molecule has 0 aliphatic heterocycles. The molecule has 2 unspecified atom stereocenters. The van der Waals surface area contributed by atoms with Gasteiger partial charge in [-0.05, 0) is 58.2 Å². The number of nitrogens with zero attached hydrogens (tertiary/aromatic N) is 1. The fraction of sp³-hybridized carbons (Fsp3) is 0.607. The lowest BCUT2D eigenvalue weighted by Crippen LogP contribution is -2.53. The second kappa shape index (κ2) is 17.0. The smallest absolute Gasteiger partial charge is 0.408 e. The third kappa shape index (κ3) is 12.8. The maximum absolute atomic E-state index is 14.0. The van der Waals surface area contributed by atoms with Gasteiger partial charge in [0.1, 0.15) is 23.4 Å². The molecule has 12 nitrogen and oxygen atoms in total. The molecule has 224 valence electrons. The van der Waals surface area contributed by atoms with Gasteiger partial charge in [-0.3, -0.25) is 19.2 Å². The number of amides is 4. The van der Waals surface area contributed by atoms with Gasteiger partial charge in [0.05, 0.1) is 13.0 Å². The Bertz CT molecular complexity index is 1010. The first-order chi connectivity index (χ1) is 18.8. The molecule has 0 saturated heterocycles. The normalized spacial score (nSPS) is 12.5. The highest BCUT2D eigenvalue weighted by Crippen LogP contribution is 2.26. The summed E-state index contributed by atoms with van der Waals surface area (Å²) in [4.78, 5) is 64.8. The van der Waals surface area contributed by atoms with Gasteiger partial charge < -0.3 is 35.8 Å². The van der Waals surface area contributed by atoms with E-state index in [1.165, 1.54) is 17.0 Å². The molecule has 0 bridgehead atoms. The molecule has 40 heavy (non-hydrogen) atoms. The number of phenols is 1. The summed E-state index contributed by atoms with van der Waals surface area (Å²) >= 11 is 0. The van der Waals surface area contributed by atoms with Crippen molar-refractivity contribution in [1.29, 1.82) is 0 Å². The minimum absolute atomic E-state index is 0.0365. The SMILES string of the molecule is CCCCCN(C(=O)C(CCC(N)=O)NC(=O)OC(C)(C)C)C(C(=O)NCCC(=O)OCC)c1cccc(O)c1. The fourth-order valence-corrected chi connectivity index (χ4v) is 3.88. The van der Waals surface area contributed by atoms with E-state index in [-0.39, 0.29) is 44.7 Å². The van der Waals surface area contributed by atoms with Crippen LogP contribution in [0.25, 0.3) is 0 Å². The Morgan fingerprint density at radius 2 is 1.77 bits per heavy atom. The Hall–Kier alpha value is -3.83. The molecule has 1 rings (SSSR count). The molecule has 5 N–H and O–H groups in total. The van der Waals surface area contributed by atoms with Crippen molar-refractivity contribution in [1.82, 2.24) is 15.5 Å². The number of ether oxygens (including phenoxy) is 2. The van der Waals surface area contributed by atoms with Gasteiger partial charge in [-0.2, -0.15) is 0 Å². The zero-order chi connectivity index (χ0) is 30.3. The van der Waals surface area contributed by atoms with Gasteiger partial charge in [0, 0.05) is 19.5 Å². The zero-order valence-electron chi connectivity index (χ0n) is 24.2. The molecule has 0 fully saturated rings. The number of hydrogen-bond donors (Lipinski definition) is 4. The number of phenolic OH excluding ortho intramolecular Hbond substituents is 1. The maximum Gasteiger partial charge on any atom is 0.408 e. The highest BCUT2D eigenvalue weighted by molar-refractivity contribution is 5.92. The van der Waals surface area contributed by atoms with Crippen LogP contribution in [-0.4, -0.2) is 71.1 Å². The van der Waals surface area contributed by atoms with Gasteiger partial charge in [0.2, 0.25) is 17.7 Å². The molecular weight excluding hydrogens is 520 g/mol. The Labute approximate surface area is 235 Å². The van der Waals surface area contributed by atoms with Crippen molar-refractivity contribution in [2.75, 3.05) is 19.7 Å². The summed E-state index contributed by atoms with van der Waals surface area (Å²) in [6.07, 6.45) is 0.891. The third-order valence-electron chi connectivity index (χ3n) is 5.63. The van der Waals surface area contributed by atoms with Crippen LogP contribution in [0.4, 0.5) is 4.79 Å². The fourth-order valence-electron chi connectivity index (χ4n) is 3.88. The van der Waals surface area contributed by atoms with Gasteiger partial charge in [0.25, 0.3) is 0 Å². The molecule has 1 aromatic rings. The molecule has 0 spiro atoms. The number of hydrogen-bond acceptors (Lipinski definition) is 8. The van der Waals surface area contributed by atoms with Crippen molar-refractivity contribution in [3.05, 3.63) is 29.8 Å². The van der Waals surface area contributed by atoms with Crippen molar-refractivity contribution in [2.45, 2.75) is 90.8 Å². The minimum atomic E-state index is -1.23. The lowest BCUT2D eigenvalue weighted by molar-refractivity contribution is -0.144. The van der Waals surface area contributed by atoms with Crippen LogP contribution in [0.15, 0.2) is 24.3 Å². The van der Waals surface area contributed by atoms with Crippen molar-refractivity contribution < 1.29 is 38.6 Å². The average Bonchev–Trinajstić information content (AvgIpc) is 2.84. The van der Waals surface area contributed by atoms with E-state index in [2.05, 4.69) is 10.6 Å². The number of esters is 1. The summed E-state index contributed by atoms with van der Waals surface area (Å²) in [6, 6.07) is 3.50. The van der Waals surface area contributed by atoms with Crippen molar-refractivity contribution in [3.63, 3.8) is 0 Å². The van der Waals surface area contributed by atoms with E-state index in [1.54, 1.807) is 39.8 Å². The average molecular weight is 565 g/mol. The summed E-state index contributed by atoms with van der Waals surface area (Å²) in [6.45, 7) is 8.98. The number of benzene rings is 1. The van der Waals surface area contributed by atoms with Crippen LogP contribution in [0.1, 0.15) is 84.7 Å². The lowest BCUT2D eigenvalue weighted by atomic mass is 10.0. The number of nitrogens with two attached hydrogens (primary N) is 1. The minimum Gasteiger partial charge on any atom is -0.508 e. The van der Waals surface area contributed by atoms with Crippen molar-refractivity contribution >= 4 is 29.8 Å². The standard InChI is InChI=1S/C28H44N4O8/c1-6-8-9-17-32(26(37)21(13-14-22(29)34)31-27(38)40-28(3,4)5)24(19-11-10-12-20(33)18-19)25(36)30-16-15-23(35)39-7-2/h10-12,18,21,24,33H,6-9,13-17H2,1-5H3,(H2,29,34)(H,30,36)(H,31,38). The molecule has 0 aromatic heterocycles. The second-order valence-corrected chi connectivity index (χ2v) is 10.3. The molecule has 0 radical (unpaired) electrons. The summed E-state index contributed by atoms with van der Waals surface area (Å²) in [7, 11) is 0. The molecule has 1 aromatic carbocycles. The molecule has 2 atom stereocenters. The largest absolute Gasteiger partial charge is 0.508 e. The number of alkyl carbamates (subject to hydrolysis) is 1. The first-order valence-corrected chi connectivity index (χ1v) is 13.6. The van der Waals surface area contributed by atoms with Crippen LogP contribution < -0.4 is 16.4 Å². The summed E-state index contributed by atoms with van der Waals surface area (Å²) < 4.78 is 10.2. The number of unbranched alkanes of at least 4 members (excludes halogenated alkanes) is 2. The Kier molecular flexibility index (Phi) is 14.5. The van der Waals surface area contributed by atoms with Crippen molar-refractivity contribution in [2.24, 2.45) is 5.73 Å². The van der Waals surface area contributed by atoms with Crippen molar-refractivity contribution in [3.8, 4) is 5.75 Å². The van der Waals surface area contributed by atoms with Crippen LogP contribution >= 0.6 is 0 Å². The highest BCUT2D eigenvalue weighted by Gasteiger charge is 2.36. The van der Waals surface area contributed by atoms with E-state index in [1.807, 2.05) is 6.92 Å². The van der Waals surface area contributed by atoms with E-state index in [4.69, 9.17) is 15.2 Å². The van der Waals surface area contributed by atoms with Crippen LogP contribution in [-0.2, 0) is 28.7 Å². The molecule has 0 heterocycles. The van der Waals surface area contributed by atoms with Gasteiger partial charge >= 0.3 is 12.1 Å². The molecular formula is C28H44N4O8. The van der Waals surface area contributed by atoms with Gasteiger partial charge in [-0.1, -0.05) is 31.9 Å². The van der Waals surface area contributed by atoms with E-state index >= 15 is 0 Å². The predicted molar refractivity (Wildman–Crippen MR) is 148 cm³/mol. The summed E-state index contributed by atoms with van der Waals surface area (Å²) in [5.41, 5.74) is 4.81. The Morgan fingerprint density at radius 3 is 2.35 bits per heavy atom. The monoisotopic (exact) mass is 564 g/mol. The first kappa shape index (κ1) is 34.2. The Morgan fingerprint density at radius 1 is 1.07 bits per heavy atom. The first-order valence-electron chi connectivity index (χ1n) is 13.6. The molecule has 0 aliphatic carbocycles. The number of carbonyl (C=O) groups is 5. The molecule has 0 aliphatic rings. The van der Waals surface area contributed by atoms with Gasteiger partial charge in [-0.15, -0.1) is 0 Å². The van der Waals surface area contributed by atoms with Crippen LogP contribution in [0, 0.1) is 0 Å². The topological polar surface area (TPSA) is 177 Å². The number of primary amides is 1. The van der Waals surface area contributed by atoms with Crippen LogP contribution in [0.3, 0.4) is 0 Å². The Balaban J connectivity index is 3.44. The van der Waals surface area contributed by atoms with Gasteiger partial charge in [-0.25, -0.2) is 4.79 Å². The quantitative estimate of drug-likeness (QED) is 0.175. The van der Waals surface area contributed by atoms with Crippen LogP contribution in [0.2, 0.25) is 0 Å². The van der Waals surface area contributed by atoms with E-state index in [9.17, 15) is 29.1 Å². The number of rotatable bonds is 16. The summed E-state index contributed by atoms with van der Waals surface area (Å²) in [5.74, 6) is -2.48. The zero-order valence-corrected chi connectivity index (χ0v) is 24.2. The molecule has 0 saturated carbocycles. The number of nitrogens with one attached hydrogen (secondary N) is 2. The number of aromatic hydroxyl groups is 1. The predicted octanol–water partition coefficient (Wildman–Crippen LogP) is 2.68. The second-order valence-electron chi connectivity index (χ2n) is 10.3. The van der Waals surface area contributed by atoms with E-state index < -0.39 is 47.5 Å². The lowest BCUT2D eigenvalue weighted by Gasteiger charge is -2.34.